The van der Waals surface area contributed by atoms with Crippen LogP contribution in [-0.4, -0.2) is 33.4 Å². The number of carbonyl (C=O) groups is 1. The van der Waals surface area contributed by atoms with Crippen LogP contribution in [0.4, 0.5) is 0 Å². The zero-order chi connectivity index (χ0) is 14.3. The third-order valence-electron chi connectivity index (χ3n) is 4.02. The quantitative estimate of drug-likeness (QED) is 0.860. The molecule has 1 aliphatic rings. The van der Waals surface area contributed by atoms with Gasteiger partial charge in [-0.3, -0.25) is 4.79 Å². The molecule has 2 heterocycles. The molecule has 20 heavy (non-hydrogen) atoms. The minimum absolute atomic E-state index is 0.247. The predicted molar refractivity (Wildman–Crippen MR) is 79.7 cm³/mol. The molecule has 1 aliphatic heterocycles. The van der Waals surface area contributed by atoms with Crippen LogP contribution in [0, 0.1) is 0 Å². The Kier molecular flexibility index (Phi) is 3.24. The van der Waals surface area contributed by atoms with E-state index in [0.29, 0.717) is 18.4 Å². The van der Waals surface area contributed by atoms with Crippen molar-refractivity contribution in [3.05, 3.63) is 30.1 Å². The number of amides is 1. The maximum Gasteiger partial charge on any atom is 0.222 e. The summed E-state index contributed by atoms with van der Waals surface area (Å²) >= 11 is 0. The fraction of sp³-hybridized carbons (Fsp3) is 0.500. The fourth-order valence-corrected chi connectivity index (χ4v) is 2.90. The van der Waals surface area contributed by atoms with Gasteiger partial charge >= 0.3 is 0 Å². The lowest BCUT2D eigenvalue weighted by Crippen LogP contribution is -2.50. The van der Waals surface area contributed by atoms with Gasteiger partial charge in [-0.25, -0.2) is 4.98 Å². The lowest BCUT2D eigenvalue weighted by atomic mass is 10.1. The average molecular weight is 271 g/mol. The van der Waals surface area contributed by atoms with E-state index in [1.54, 1.807) is 0 Å². The Morgan fingerprint density at radius 1 is 1.35 bits per heavy atom. The van der Waals surface area contributed by atoms with Gasteiger partial charge in [-0.1, -0.05) is 32.9 Å². The third kappa shape index (κ3) is 1.99. The van der Waals surface area contributed by atoms with Gasteiger partial charge in [-0.05, 0) is 12.1 Å². The van der Waals surface area contributed by atoms with E-state index in [1.807, 2.05) is 17.9 Å². The number of fused-ring (bicyclic) bond motifs is 1. The number of hydrogen-bond donors (Lipinski definition) is 0. The molecule has 0 aliphatic carbocycles. The molecule has 1 aromatic carbocycles. The summed E-state index contributed by atoms with van der Waals surface area (Å²) in [6.07, 6.45) is 0.592. The molecule has 1 amide bonds. The average Bonchev–Trinajstić information content (AvgIpc) is 2.77. The van der Waals surface area contributed by atoms with E-state index in [4.69, 9.17) is 4.98 Å². The summed E-state index contributed by atoms with van der Waals surface area (Å²) in [6, 6.07) is 8.63. The van der Waals surface area contributed by atoms with Crippen LogP contribution in [0.15, 0.2) is 24.3 Å². The highest BCUT2D eigenvalue weighted by molar-refractivity contribution is 5.78. The summed E-state index contributed by atoms with van der Waals surface area (Å²) in [5.74, 6) is 1.76. The maximum atomic E-state index is 11.7. The smallest absolute Gasteiger partial charge is 0.222 e. The molecule has 0 bridgehead atoms. The number of aromatic nitrogens is 2. The summed E-state index contributed by atoms with van der Waals surface area (Å²) < 4.78 is 2.33. The van der Waals surface area contributed by atoms with Gasteiger partial charge in [0.05, 0.1) is 17.1 Å². The molecule has 0 radical (unpaired) electrons. The van der Waals surface area contributed by atoms with Crippen LogP contribution in [0.2, 0.25) is 0 Å². The first-order valence-electron chi connectivity index (χ1n) is 7.36. The van der Waals surface area contributed by atoms with Gasteiger partial charge in [0.15, 0.2) is 0 Å². The first kappa shape index (κ1) is 13.2. The molecule has 0 spiro atoms. The summed E-state index contributed by atoms with van der Waals surface area (Å²) in [5.41, 5.74) is 2.24. The molecule has 0 unspecified atom stereocenters. The second kappa shape index (κ2) is 4.93. The lowest BCUT2D eigenvalue weighted by Gasteiger charge is -2.41. The first-order valence-corrected chi connectivity index (χ1v) is 7.36. The fourth-order valence-electron chi connectivity index (χ4n) is 2.90. The molecule has 4 nitrogen and oxygen atoms in total. The van der Waals surface area contributed by atoms with E-state index in [-0.39, 0.29) is 5.91 Å². The van der Waals surface area contributed by atoms with Crippen LogP contribution in [0.1, 0.15) is 45.0 Å². The Morgan fingerprint density at radius 3 is 2.70 bits per heavy atom. The zero-order valence-electron chi connectivity index (χ0n) is 12.3. The van der Waals surface area contributed by atoms with Crippen molar-refractivity contribution in [1.29, 1.82) is 0 Å². The number of carbonyl (C=O) groups excluding carboxylic acids is 1. The Labute approximate surface area is 119 Å². The van der Waals surface area contributed by atoms with Gasteiger partial charge in [0.1, 0.15) is 5.82 Å². The van der Waals surface area contributed by atoms with Crippen molar-refractivity contribution in [1.82, 2.24) is 14.5 Å². The van der Waals surface area contributed by atoms with Gasteiger partial charge < -0.3 is 9.47 Å². The van der Waals surface area contributed by atoms with Crippen molar-refractivity contribution in [3.63, 3.8) is 0 Å². The van der Waals surface area contributed by atoms with Gasteiger partial charge in [0, 0.05) is 25.4 Å². The number of para-hydroxylation sites is 2. The van der Waals surface area contributed by atoms with E-state index in [1.165, 1.54) is 5.52 Å². The highest BCUT2D eigenvalue weighted by atomic mass is 16.2. The standard InChI is InChI=1S/C16H21N3O/c1-4-15(20)18-9-12(10-18)19-14-8-6-5-7-13(14)17-16(19)11(2)3/h5-8,11-12H,4,9-10H2,1-3H3. The van der Waals surface area contributed by atoms with E-state index < -0.39 is 0 Å². The molecule has 0 N–H and O–H groups in total. The molecule has 0 saturated carbocycles. The van der Waals surface area contributed by atoms with Gasteiger partial charge in [-0.15, -0.1) is 0 Å². The van der Waals surface area contributed by atoms with Crippen LogP contribution < -0.4 is 0 Å². The number of imidazole rings is 1. The largest absolute Gasteiger partial charge is 0.338 e. The Bertz CT molecular complexity index is 638. The highest BCUT2D eigenvalue weighted by Crippen LogP contribution is 2.31. The summed E-state index contributed by atoms with van der Waals surface area (Å²) in [4.78, 5) is 18.4. The van der Waals surface area contributed by atoms with Crippen molar-refractivity contribution >= 4 is 16.9 Å². The lowest BCUT2D eigenvalue weighted by molar-refractivity contribution is -0.136. The minimum Gasteiger partial charge on any atom is -0.338 e. The summed E-state index contributed by atoms with van der Waals surface area (Å²) in [5, 5.41) is 0. The molecule has 0 atom stereocenters. The highest BCUT2D eigenvalue weighted by Gasteiger charge is 2.33. The van der Waals surface area contributed by atoms with Gasteiger partial charge in [-0.2, -0.15) is 0 Å². The topological polar surface area (TPSA) is 38.1 Å². The normalized spacial score (nSPS) is 15.9. The maximum absolute atomic E-state index is 11.7. The second-order valence-electron chi connectivity index (χ2n) is 5.79. The summed E-state index contributed by atoms with van der Waals surface area (Å²) in [6.45, 7) is 7.89. The van der Waals surface area contributed by atoms with Crippen LogP contribution in [0.5, 0.6) is 0 Å². The van der Waals surface area contributed by atoms with Crippen LogP contribution in [0.25, 0.3) is 11.0 Å². The number of benzene rings is 1. The monoisotopic (exact) mass is 271 g/mol. The predicted octanol–water partition coefficient (Wildman–Crippen LogP) is 2.95. The van der Waals surface area contributed by atoms with E-state index in [0.717, 1.165) is 24.4 Å². The molecule has 1 fully saturated rings. The molecular weight excluding hydrogens is 250 g/mol. The van der Waals surface area contributed by atoms with Crippen LogP contribution in [0.3, 0.4) is 0 Å². The SMILES string of the molecule is CCC(=O)N1CC(n2c(C(C)C)nc3ccccc32)C1. The molecular formula is C16H21N3O. The number of hydrogen-bond acceptors (Lipinski definition) is 2. The van der Waals surface area contributed by atoms with Crippen LogP contribution in [-0.2, 0) is 4.79 Å². The molecule has 4 heteroatoms. The molecule has 3 rings (SSSR count). The first-order chi connectivity index (χ1) is 9.61. The number of nitrogens with zero attached hydrogens (tertiary/aromatic N) is 3. The van der Waals surface area contributed by atoms with Gasteiger partial charge in [0.2, 0.25) is 5.91 Å². The Balaban J connectivity index is 1.95. The minimum atomic E-state index is 0.247. The Hall–Kier alpha value is -1.84. The molecule has 106 valence electrons. The Morgan fingerprint density at radius 2 is 2.05 bits per heavy atom. The van der Waals surface area contributed by atoms with E-state index in [9.17, 15) is 4.79 Å². The van der Waals surface area contributed by atoms with Crippen LogP contribution >= 0.6 is 0 Å². The van der Waals surface area contributed by atoms with Crippen molar-refractivity contribution in [2.75, 3.05) is 13.1 Å². The van der Waals surface area contributed by atoms with Crippen molar-refractivity contribution in [2.45, 2.75) is 39.2 Å². The molecule has 1 saturated heterocycles. The summed E-state index contributed by atoms with van der Waals surface area (Å²) in [7, 11) is 0. The molecule has 1 aromatic heterocycles. The van der Waals surface area contributed by atoms with Gasteiger partial charge in [0.25, 0.3) is 0 Å². The molecule has 2 aromatic rings. The van der Waals surface area contributed by atoms with E-state index in [2.05, 4.69) is 36.6 Å². The zero-order valence-corrected chi connectivity index (χ0v) is 12.3. The number of rotatable bonds is 3. The van der Waals surface area contributed by atoms with Crippen molar-refractivity contribution < 1.29 is 4.79 Å². The van der Waals surface area contributed by atoms with Crippen molar-refractivity contribution in [2.24, 2.45) is 0 Å². The van der Waals surface area contributed by atoms with Crippen molar-refractivity contribution in [3.8, 4) is 0 Å². The third-order valence-corrected chi connectivity index (χ3v) is 4.02. The van der Waals surface area contributed by atoms with E-state index >= 15 is 0 Å². The second-order valence-corrected chi connectivity index (χ2v) is 5.79. The number of likely N-dealkylation sites (tertiary alicyclic amines) is 1.